The van der Waals surface area contributed by atoms with Crippen LogP contribution >= 0.6 is 39.9 Å². The predicted molar refractivity (Wildman–Crippen MR) is 104 cm³/mol. The molecule has 1 aromatic carbocycles. The Bertz CT molecular complexity index is 874. The van der Waals surface area contributed by atoms with Crippen LogP contribution in [-0.4, -0.2) is 21.1 Å². The van der Waals surface area contributed by atoms with Gasteiger partial charge in [0.05, 0.1) is 11.2 Å². The van der Waals surface area contributed by atoms with Crippen LogP contribution in [0.15, 0.2) is 68.6 Å². The topological polar surface area (TPSA) is 62.6 Å². The lowest BCUT2D eigenvalue weighted by molar-refractivity contribution is -0.123. The van der Waals surface area contributed by atoms with Crippen molar-refractivity contribution in [3.05, 3.63) is 75.5 Å². The smallest absolute Gasteiger partial charge is 0.285 e. The van der Waals surface area contributed by atoms with Crippen LogP contribution < -0.4 is 5.43 Å². The molecular formula is C17H11BrN2O3S2. The van der Waals surface area contributed by atoms with Crippen LogP contribution in [0.5, 0.6) is 0 Å². The SMILES string of the molecule is O=C(NN1C(=O)C(=CC=Cc2ccco2)SC1=S)c1ccc(Br)cc1. The third-order valence-electron chi connectivity index (χ3n) is 3.16. The number of furan rings is 1. The number of amides is 2. The highest BCUT2D eigenvalue weighted by atomic mass is 79.9. The zero-order valence-electron chi connectivity index (χ0n) is 12.6. The maximum Gasteiger partial charge on any atom is 0.285 e. The first-order valence-electron chi connectivity index (χ1n) is 7.09. The lowest BCUT2D eigenvalue weighted by atomic mass is 10.2. The molecule has 1 aliphatic heterocycles. The van der Waals surface area contributed by atoms with Crippen LogP contribution in [0.25, 0.3) is 6.08 Å². The minimum Gasteiger partial charge on any atom is -0.465 e. The molecule has 0 saturated carbocycles. The lowest BCUT2D eigenvalue weighted by Crippen LogP contribution is -2.44. The van der Waals surface area contributed by atoms with Crippen molar-refractivity contribution >= 4 is 62.1 Å². The van der Waals surface area contributed by atoms with Gasteiger partial charge in [-0.25, -0.2) is 0 Å². The highest BCUT2D eigenvalue weighted by Crippen LogP contribution is 2.29. The number of nitrogens with one attached hydrogen (secondary N) is 1. The number of thioether (sulfide) groups is 1. The molecule has 0 bridgehead atoms. The van der Waals surface area contributed by atoms with E-state index in [4.69, 9.17) is 16.6 Å². The highest BCUT2D eigenvalue weighted by Gasteiger charge is 2.33. The molecule has 1 aliphatic rings. The average molecular weight is 435 g/mol. The van der Waals surface area contributed by atoms with Crippen molar-refractivity contribution in [3.8, 4) is 0 Å². The van der Waals surface area contributed by atoms with Gasteiger partial charge in [0.25, 0.3) is 11.8 Å². The molecule has 2 amide bonds. The van der Waals surface area contributed by atoms with Crippen molar-refractivity contribution in [2.75, 3.05) is 0 Å². The molecule has 5 nitrogen and oxygen atoms in total. The maximum absolute atomic E-state index is 12.4. The maximum atomic E-state index is 12.4. The number of allylic oxidation sites excluding steroid dienone is 2. The quantitative estimate of drug-likeness (QED) is 0.578. The Hall–Kier alpha value is -2.16. The van der Waals surface area contributed by atoms with Gasteiger partial charge in [0.2, 0.25) is 0 Å². The molecule has 0 atom stereocenters. The first kappa shape index (κ1) is 17.7. The van der Waals surface area contributed by atoms with Gasteiger partial charge in [-0.1, -0.05) is 33.8 Å². The number of benzene rings is 1. The fourth-order valence-corrected chi connectivity index (χ4v) is 3.36. The van der Waals surface area contributed by atoms with Crippen LogP contribution in [-0.2, 0) is 4.79 Å². The normalized spacial score (nSPS) is 16.2. The Morgan fingerprint density at radius 3 is 2.72 bits per heavy atom. The largest absolute Gasteiger partial charge is 0.465 e. The van der Waals surface area contributed by atoms with Gasteiger partial charge in [-0.3, -0.25) is 15.0 Å². The minimum atomic E-state index is -0.406. The van der Waals surface area contributed by atoms with Crippen molar-refractivity contribution in [3.63, 3.8) is 0 Å². The summed E-state index contributed by atoms with van der Waals surface area (Å²) in [5.74, 6) is -0.101. The number of hydrazine groups is 1. The number of rotatable bonds is 4. The van der Waals surface area contributed by atoms with Crippen LogP contribution in [0, 0.1) is 0 Å². The number of halogens is 1. The zero-order valence-corrected chi connectivity index (χ0v) is 15.9. The summed E-state index contributed by atoms with van der Waals surface area (Å²) < 4.78 is 6.31. The van der Waals surface area contributed by atoms with Gasteiger partial charge < -0.3 is 4.42 Å². The lowest BCUT2D eigenvalue weighted by Gasteiger charge is -2.15. The van der Waals surface area contributed by atoms with Crippen molar-refractivity contribution in [2.24, 2.45) is 0 Å². The standard InChI is InChI=1S/C17H11BrN2O3S2/c18-12-8-6-11(7-9-12)15(21)19-20-16(22)14(25-17(20)24)5-1-3-13-4-2-10-23-13/h1-10H,(H,19,21). The first-order valence-corrected chi connectivity index (χ1v) is 9.11. The van der Waals surface area contributed by atoms with E-state index in [0.717, 1.165) is 21.2 Å². The summed E-state index contributed by atoms with van der Waals surface area (Å²) in [5.41, 5.74) is 2.96. The molecule has 3 rings (SSSR count). The summed E-state index contributed by atoms with van der Waals surface area (Å²) in [6, 6.07) is 10.4. The average Bonchev–Trinajstić information content (AvgIpc) is 3.20. The molecule has 2 heterocycles. The van der Waals surface area contributed by atoms with Crippen molar-refractivity contribution in [1.29, 1.82) is 0 Å². The number of nitrogens with zero attached hydrogens (tertiary/aromatic N) is 1. The van der Waals surface area contributed by atoms with E-state index in [0.29, 0.717) is 16.2 Å². The van der Waals surface area contributed by atoms with E-state index in [1.54, 1.807) is 60.9 Å². The summed E-state index contributed by atoms with van der Waals surface area (Å²) in [6.45, 7) is 0. The molecule has 8 heteroatoms. The molecule has 0 spiro atoms. The second-order valence-electron chi connectivity index (χ2n) is 4.86. The second kappa shape index (κ2) is 7.81. The van der Waals surface area contributed by atoms with E-state index in [9.17, 15) is 9.59 Å². The van der Waals surface area contributed by atoms with Gasteiger partial charge in [0.15, 0.2) is 4.32 Å². The van der Waals surface area contributed by atoms with E-state index in [2.05, 4.69) is 21.4 Å². The van der Waals surface area contributed by atoms with E-state index in [1.165, 1.54) is 0 Å². The van der Waals surface area contributed by atoms with Gasteiger partial charge in [0, 0.05) is 10.0 Å². The molecule has 1 N–H and O–H groups in total. The number of carbonyl (C=O) groups is 2. The summed E-state index contributed by atoms with van der Waals surface area (Å²) >= 11 is 9.61. The van der Waals surface area contributed by atoms with Crippen molar-refractivity contribution < 1.29 is 14.0 Å². The number of hydrogen-bond acceptors (Lipinski definition) is 5. The minimum absolute atomic E-state index is 0.271. The van der Waals surface area contributed by atoms with Gasteiger partial charge in [0.1, 0.15) is 5.76 Å². The van der Waals surface area contributed by atoms with Crippen molar-refractivity contribution in [2.45, 2.75) is 0 Å². The van der Waals surface area contributed by atoms with Gasteiger partial charge >= 0.3 is 0 Å². The van der Waals surface area contributed by atoms with Crippen LogP contribution in [0.2, 0.25) is 0 Å². The first-order chi connectivity index (χ1) is 12.0. The summed E-state index contributed by atoms with van der Waals surface area (Å²) in [6.07, 6.45) is 6.62. The van der Waals surface area contributed by atoms with Crippen molar-refractivity contribution in [1.82, 2.24) is 10.4 Å². The predicted octanol–water partition coefficient (Wildman–Crippen LogP) is 4.14. The fourth-order valence-electron chi connectivity index (χ4n) is 1.96. The number of thiocarbonyl (C=S) groups is 1. The molecule has 1 aromatic heterocycles. The summed E-state index contributed by atoms with van der Waals surface area (Å²) in [7, 11) is 0. The molecule has 25 heavy (non-hydrogen) atoms. The molecular weight excluding hydrogens is 424 g/mol. The Labute approximate surface area is 161 Å². The summed E-state index contributed by atoms with van der Waals surface area (Å²) in [4.78, 5) is 25.1. The molecule has 0 aliphatic carbocycles. The molecule has 2 aromatic rings. The van der Waals surface area contributed by atoms with Gasteiger partial charge in [-0.2, -0.15) is 5.01 Å². The Morgan fingerprint density at radius 2 is 2.04 bits per heavy atom. The molecule has 1 fully saturated rings. The fraction of sp³-hybridized carbons (Fsp3) is 0. The Balaban J connectivity index is 1.68. The van der Waals surface area contributed by atoms with E-state index < -0.39 is 5.91 Å². The monoisotopic (exact) mass is 434 g/mol. The van der Waals surface area contributed by atoms with E-state index >= 15 is 0 Å². The number of carbonyl (C=O) groups excluding carboxylic acids is 2. The third-order valence-corrected chi connectivity index (χ3v) is 5.01. The van der Waals surface area contributed by atoms with Crippen LogP contribution in [0.3, 0.4) is 0 Å². The summed E-state index contributed by atoms with van der Waals surface area (Å²) in [5, 5.41) is 1.08. The molecule has 1 saturated heterocycles. The molecule has 0 unspecified atom stereocenters. The molecule has 0 radical (unpaired) electrons. The second-order valence-corrected chi connectivity index (χ2v) is 7.45. The van der Waals surface area contributed by atoms with Crippen LogP contribution in [0.4, 0.5) is 0 Å². The van der Waals surface area contributed by atoms with Crippen LogP contribution in [0.1, 0.15) is 16.1 Å². The van der Waals surface area contributed by atoms with Gasteiger partial charge in [-0.05, 0) is 60.8 Å². The Kier molecular flexibility index (Phi) is 5.52. The van der Waals surface area contributed by atoms with E-state index in [1.807, 2.05) is 0 Å². The van der Waals surface area contributed by atoms with E-state index in [-0.39, 0.29) is 10.2 Å². The number of hydrogen-bond donors (Lipinski definition) is 1. The molecule has 126 valence electrons. The third kappa shape index (κ3) is 4.28. The highest BCUT2D eigenvalue weighted by molar-refractivity contribution is 9.10. The van der Waals surface area contributed by atoms with Gasteiger partial charge in [-0.15, -0.1) is 0 Å². The zero-order chi connectivity index (χ0) is 17.8. The Morgan fingerprint density at radius 1 is 1.28 bits per heavy atom.